The monoisotopic (exact) mass is 382 g/mol. The summed E-state index contributed by atoms with van der Waals surface area (Å²) in [5, 5.41) is 6.31. The highest BCUT2D eigenvalue weighted by atomic mass is 16.3. The molecule has 0 aromatic carbocycles. The molecule has 0 saturated carbocycles. The third-order valence-electron chi connectivity index (χ3n) is 5.23. The highest BCUT2D eigenvalue weighted by molar-refractivity contribution is 5.99. The predicted octanol–water partition coefficient (Wildman–Crippen LogP) is 1.21. The summed E-state index contributed by atoms with van der Waals surface area (Å²) < 4.78 is 7.06. The molecule has 2 amide bonds. The van der Waals surface area contributed by atoms with Gasteiger partial charge in [-0.05, 0) is 49.5 Å². The van der Waals surface area contributed by atoms with Crippen molar-refractivity contribution in [2.45, 2.75) is 19.8 Å². The zero-order chi connectivity index (χ0) is 19.7. The van der Waals surface area contributed by atoms with Crippen LogP contribution in [0.5, 0.6) is 0 Å². The maximum Gasteiger partial charge on any atom is 0.271 e. The summed E-state index contributed by atoms with van der Waals surface area (Å²) in [5.74, 6) is -0.493. The minimum atomic E-state index is -0.708. The van der Waals surface area contributed by atoms with Crippen LogP contribution in [-0.4, -0.2) is 45.8 Å². The average molecular weight is 382 g/mol. The van der Waals surface area contributed by atoms with Crippen molar-refractivity contribution in [1.29, 1.82) is 0 Å². The minimum absolute atomic E-state index is 0.00720. The van der Waals surface area contributed by atoms with Crippen molar-refractivity contribution in [3.8, 4) is 11.5 Å². The van der Waals surface area contributed by atoms with Crippen molar-refractivity contribution >= 4 is 17.5 Å². The molecule has 1 saturated heterocycles. The predicted molar refractivity (Wildman–Crippen MR) is 102 cm³/mol. The second-order valence-corrected chi connectivity index (χ2v) is 7.40. The molecule has 0 unspecified atom stereocenters. The van der Waals surface area contributed by atoms with Crippen LogP contribution in [0.2, 0.25) is 0 Å². The van der Waals surface area contributed by atoms with Gasteiger partial charge in [-0.3, -0.25) is 14.0 Å². The molecule has 0 bridgehead atoms. The number of nitrogens with two attached hydrogens (primary N) is 1. The van der Waals surface area contributed by atoms with Gasteiger partial charge in [0.1, 0.15) is 12.0 Å². The molecule has 28 heavy (non-hydrogen) atoms. The molecule has 146 valence electrons. The number of nitrogens with one attached hydrogen (secondary N) is 2. The number of hydrogen-bond acceptors (Lipinski definition) is 6. The number of imidazole rings is 1. The van der Waals surface area contributed by atoms with Crippen molar-refractivity contribution in [2.75, 3.05) is 19.6 Å². The van der Waals surface area contributed by atoms with Gasteiger partial charge in [0.15, 0.2) is 17.1 Å². The normalized spacial score (nSPS) is 16.2. The van der Waals surface area contributed by atoms with Crippen LogP contribution in [-0.2, 0) is 0 Å². The molecule has 9 nitrogen and oxygen atoms in total. The van der Waals surface area contributed by atoms with Crippen LogP contribution in [0.4, 0.5) is 0 Å². The molecule has 1 aliphatic heterocycles. The van der Waals surface area contributed by atoms with E-state index in [1.807, 2.05) is 0 Å². The molecule has 0 radical (unpaired) electrons. The van der Waals surface area contributed by atoms with E-state index < -0.39 is 5.91 Å². The standard InChI is InChI=1S/C19H22N6O3/c1-19(4-6-21-7-5-19)10-22-18(27)12-9-13(14-3-2-8-28-14)25-11-23-15(16(20)26)17(25)24-12/h2-3,8-9,11,21H,4-7,10H2,1H3,(H2,20,26)(H,22,27). The minimum Gasteiger partial charge on any atom is -0.463 e. The number of rotatable bonds is 5. The molecule has 0 atom stereocenters. The van der Waals surface area contributed by atoms with Crippen molar-refractivity contribution in [2.24, 2.45) is 11.1 Å². The maximum absolute atomic E-state index is 12.8. The number of piperidine rings is 1. The number of amides is 2. The van der Waals surface area contributed by atoms with Crippen LogP contribution >= 0.6 is 0 Å². The zero-order valence-corrected chi connectivity index (χ0v) is 15.6. The summed E-state index contributed by atoms with van der Waals surface area (Å²) in [5.41, 5.74) is 6.43. The van der Waals surface area contributed by atoms with E-state index in [0.29, 0.717) is 18.0 Å². The Labute approximate surface area is 161 Å². The molecular weight excluding hydrogens is 360 g/mol. The van der Waals surface area contributed by atoms with Gasteiger partial charge in [-0.25, -0.2) is 9.97 Å². The van der Waals surface area contributed by atoms with E-state index >= 15 is 0 Å². The van der Waals surface area contributed by atoms with Gasteiger partial charge in [0.05, 0.1) is 12.0 Å². The van der Waals surface area contributed by atoms with Gasteiger partial charge in [-0.1, -0.05) is 6.92 Å². The Balaban J connectivity index is 1.69. The Hall–Kier alpha value is -3.20. The molecule has 3 aromatic heterocycles. The lowest BCUT2D eigenvalue weighted by atomic mass is 9.81. The summed E-state index contributed by atoms with van der Waals surface area (Å²) in [4.78, 5) is 32.9. The number of nitrogens with zero attached hydrogens (tertiary/aromatic N) is 3. The number of furan rings is 1. The highest BCUT2D eigenvalue weighted by Gasteiger charge is 2.28. The van der Waals surface area contributed by atoms with Gasteiger partial charge in [-0.15, -0.1) is 0 Å². The van der Waals surface area contributed by atoms with Crippen molar-refractivity contribution < 1.29 is 14.0 Å². The first-order valence-electron chi connectivity index (χ1n) is 9.18. The number of primary amides is 1. The van der Waals surface area contributed by atoms with Crippen LogP contribution in [0.25, 0.3) is 17.1 Å². The molecule has 0 aliphatic carbocycles. The third-order valence-corrected chi connectivity index (χ3v) is 5.23. The molecular formula is C19H22N6O3. The molecule has 4 N–H and O–H groups in total. The summed E-state index contributed by atoms with van der Waals surface area (Å²) >= 11 is 0. The topological polar surface area (TPSA) is 128 Å². The van der Waals surface area contributed by atoms with Crippen molar-refractivity contribution in [1.82, 2.24) is 25.0 Å². The quantitative estimate of drug-likeness (QED) is 0.608. The zero-order valence-electron chi connectivity index (χ0n) is 15.6. The van der Waals surface area contributed by atoms with Gasteiger partial charge in [-0.2, -0.15) is 0 Å². The first kappa shape index (κ1) is 18.2. The van der Waals surface area contributed by atoms with E-state index in [1.54, 1.807) is 22.6 Å². The summed E-state index contributed by atoms with van der Waals surface area (Å²) in [7, 11) is 0. The van der Waals surface area contributed by atoms with Crippen LogP contribution in [0, 0.1) is 5.41 Å². The lowest BCUT2D eigenvalue weighted by molar-refractivity contribution is 0.0916. The van der Waals surface area contributed by atoms with E-state index in [0.717, 1.165) is 25.9 Å². The number of carbonyl (C=O) groups is 2. The Morgan fingerprint density at radius 1 is 1.39 bits per heavy atom. The molecule has 3 aromatic rings. The van der Waals surface area contributed by atoms with Crippen LogP contribution < -0.4 is 16.4 Å². The van der Waals surface area contributed by atoms with Gasteiger partial charge >= 0.3 is 0 Å². The lowest BCUT2D eigenvalue weighted by Crippen LogP contribution is -2.43. The Morgan fingerprint density at radius 2 is 2.18 bits per heavy atom. The number of carbonyl (C=O) groups excluding carboxylic acids is 2. The molecule has 0 spiro atoms. The first-order valence-corrected chi connectivity index (χ1v) is 9.18. The number of fused-ring (bicyclic) bond motifs is 1. The summed E-state index contributed by atoms with van der Waals surface area (Å²) in [6.07, 6.45) is 4.96. The van der Waals surface area contributed by atoms with Gasteiger partial charge in [0.2, 0.25) is 0 Å². The highest BCUT2D eigenvalue weighted by Crippen LogP contribution is 2.27. The summed E-state index contributed by atoms with van der Waals surface area (Å²) in [6.45, 7) is 4.60. The lowest BCUT2D eigenvalue weighted by Gasteiger charge is -2.34. The van der Waals surface area contributed by atoms with Crippen molar-refractivity contribution in [3.05, 3.63) is 42.2 Å². The van der Waals surface area contributed by atoms with E-state index in [2.05, 4.69) is 27.5 Å². The second-order valence-electron chi connectivity index (χ2n) is 7.40. The molecule has 9 heteroatoms. The Morgan fingerprint density at radius 3 is 2.86 bits per heavy atom. The largest absolute Gasteiger partial charge is 0.463 e. The fourth-order valence-corrected chi connectivity index (χ4v) is 3.47. The van der Waals surface area contributed by atoms with E-state index in [9.17, 15) is 9.59 Å². The molecule has 4 rings (SSSR count). The Kier molecular flexibility index (Phi) is 4.60. The fourth-order valence-electron chi connectivity index (χ4n) is 3.47. The van der Waals surface area contributed by atoms with E-state index in [-0.39, 0.29) is 28.4 Å². The number of hydrogen-bond donors (Lipinski definition) is 3. The fraction of sp³-hybridized carbons (Fsp3) is 0.368. The summed E-state index contributed by atoms with van der Waals surface area (Å²) in [6, 6.07) is 5.13. The molecule has 4 heterocycles. The van der Waals surface area contributed by atoms with Crippen LogP contribution in [0.1, 0.15) is 40.7 Å². The van der Waals surface area contributed by atoms with Crippen molar-refractivity contribution in [3.63, 3.8) is 0 Å². The molecule has 1 fully saturated rings. The maximum atomic E-state index is 12.8. The first-order chi connectivity index (χ1) is 13.5. The van der Waals surface area contributed by atoms with Gasteiger partial charge in [0, 0.05) is 6.54 Å². The van der Waals surface area contributed by atoms with Crippen LogP contribution in [0.3, 0.4) is 0 Å². The van der Waals surface area contributed by atoms with E-state index in [4.69, 9.17) is 10.2 Å². The van der Waals surface area contributed by atoms with Gasteiger partial charge < -0.3 is 20.8 Å². The third kappa shape index (κ3) is 3.36. The smallest absolute Gasteiger partial charge is 0.271 e. The van der Waals surface area contributed by atoms with Gasteiger partial charge in [0.25, 0.3) is 11.8 Å². The van der Waals surface area contributed by atoms with Crippen LogP contribution in [0.15, 0.2) is 35.2 Å². The Bertz CT molecular complexity index is 1020. The second kappa shape index (κ2) is 7.08. The number of aromatic nitrogens is 3. The van der Waals surface area contributed by atoms with E-state index in [1.165, 1.54) is 12.6 Å². The average Bonchev–Trinajstić information content (AvgIpc) is 3.35. The molecule has 1 aliphatic rings. The SMILES string of the molecule is CC1(CNC(=O)c2cc(-c3ccco3)n3cnc(C(N)=O)c3n2)CCNCC1.